The molecule has 0 rings (SSSR count). The van der Waals surface area contributed by atoms with Gasteiger partial charge in [0.05, 0.1) is 12.1 Å². The molecule has 0 aliphatic heterocycles. The summed E-state index contributed by atoms with van der Waals surface area (Å²) in [7, 11) is 0. The van der Waals surface area contributed by atoms with Gasteiger partial charge in [0.25, 0.3) is 6.16 Å². The number of hydrogen-bond donors (Lipinski definition) is 0. The highest BCUT2D eigenvalue weighted by Crippen LogP contribution is 2.14. The lowest BCUT2D eigenvalue weighted by molar-refractivity contribution is -0.317. The number of amides is 1. The van der Waals surface area contributed by atoms with E-state index in [1.54, 1.807) is 27.7 Å². The number of nitrogens with zero attached hydrogens (tertiary/aromatic N) is 1. The summed E-state index contributed by atoms with van der Waals surface area (Å²) in [4.78, 5) is 25.6. The smallest absolute Gasteiger partial charge is 0.429 e. The van der Waals surface area contributed by atoms with Crippen LogP contribution in [0.3, 0.4) is 0 Å². The van der Waals surface area contributed by atoms with Crippen LogP contribution in [-0.2, 0) is 9.57 Å². The average Bonchev–Trinajstić information content (AvgIpc) is 1.98. The summed E-state index contributed by atoms with van der Waals surface area (Å²) in [5.74, 6) is 0. The maximum absolute atomic E-state index is 11.2. The summed E-state index contributed by atoms with van der Waals surface area (Å²) in [5, 5.41) is 10.8. The van der Waals surface area contributed by atoms with Gasteiger partial charge in [-0.05, 0) is 27.7 Å². The molecule has 6 nitrogen and oxygen atoms in total. The van der Waals surface area contributed by atoms with Crippen LogP contribution in [0.15, 0.2) is 0 Å². The van der Waals surface area contributed by atoms with Crippen LogP contribution in [0.2, 0.25) is 0 Å². The van der Waals surface area contributed by atoms with Crippen LogP contribution in [0.5, 0.6) is 0 Å². The molecule has 0 N–H and O–H groups in total. The molecule has 0 aromatic rings. The highest BCUT2D eigenvalue weighted by atomic mass is 16.8. The summed E-state index contributed by atoms with van der Waals surface area (Å²) in [5.41, 5.74) is -0.813. The SMILES string of the molecule is CCOC(=O)N(OC(=O)[O-])C(C)(C)C. The first kappa shape index (κ1) is 12.5. The molecule has 0 bridgehead atoms. The minimum atomic E-state index is -1.80. The van der Waals surface area contributed by atoms with Crippen molar-refractivity contribution >= 4 is 12.2 Å². The van der Waals surface area contributed by atoms with E-state index < -0.39 is 17.8 Å². The lowest BCUT2D eigenvalue weighted by Gasteiger charge is -2.35. The van der Waals surface area contributed by atoms with Crippen molar-refractivity contribution in [1.29, 1.82) is 0 Å². The van der Waals surface area contributed by atoms with Crippen LogP contribution in [0.25, 0.3) is 0 Å². The standard InChI is InChI=1S/C8H15NO5/c1-5-13-6(10)9(8(2,3)4)14-7(11)12/h5H2,1-4H3,(H,11,12)/p-1. The van der Waals surface area contributed by atoms with Crippen LogP contribution >= 0.6 is 0 Å². The van der Waals surface area contributed by atoms with E-state index in [-0.39, 0.29) is 6.61 Å². The van der Waals surface area contributed by atoms with E-state index in [2.05, 4.69) is 9.57 Å². The molecule has 0 heterocycles. The molecule has 0 aromatic carbocycles. The van der Waals surface area contributed by atoms with Crippen LogP contribution in [-0.4, -0.2) is 29.5 Å². The summed E-state index contributed by atoms with van der Waals surface area (Å²) >= 11 is 0. The van der Waals surface area contributed by atoms with Gasteiger partial charge < -0.3 is 19.5 Å². The van der Waals surface area contributed by atoms with Crippen LogP contribution in [0.4, 0.5) is 9.59 Å². The molecular formula is C8H14NO5-. The van der Waals surface area contributed by atoms with Crippen molar-refractivity contribution in [3.05, 3.63) is 0 Å². The highest BCUT2D eigenvalue weighted by molar-refractivity contribution is 5.69. The number of carbonyl (C=O) groups excluding carboxylic acids is 2. The predicted octanol–water partition coefficient (Wildman–Crippen LogP) is 0.518. The molecule has 0 unspecified atom stereocenters. The van der Waals surface area contributed by atoms with Gasteiger partial charge in [-0.3, -0.25) is 0 Å². The van der Waals surface area contributed by atoms with E-state index in [0.29, 0.717) is 5.06 Å². The Bertz CT molecular complexity index is 220. The van der Waals surface area contributed by atoms with Crippen molar-refractivity contribution in [2.75, 3.05) is 6.61 Å². The van der Waals surface area contributed by atoms with Crippen molar-refractivity contribution in [1.82, 2.24) is 5.06 Å². The Balaban J connectivity index is 4.55. The first-order valence-corrected chi connectivity index (χ1v) is 4.15. The summed E-state index contributed by atoms with van der Waals surface area (Å²) < 4.78 is 4.60. The lowest BCUT2D eigenvalue weighted by atomic mass is 10.1. The Morgan fingerprint density at radius 2 is 1.86 bits per heavy atom. The molecule has 6 heteroatoms. The van der Waals surface area contributed by atoms with Crippen molar-refractivity contribution in [3.8, 4) is 0 Å². The Morgan fingerprint density at radius 1 is 1.36 bits per heavy atom. The third-order valence-electron chi connectivity index (χ3n) is 1.21. The molecule has 0 spiro atoms. The number of carbonyl (C=O) groups is 2. The van der Waals surface area contributed by atoms with E-state index in [0.717, 1.165) is 0 Å². The summed E-state index contributed by atoms with van der Waals surface area (Å²) in [6, 6.07) is 0. The fourth-order valence-electron chi connectivity index (χ4n) is 0.705. The fourth-order valence-corrected chi connectivity index (χ4v) is 0.705. The van der Waals surface area contributed by atoms with E-state index in [9.17, 15) is 14.7 Å². The molecule has 0 aliphatic carbocycles. The second-order valence-electron chi connectivity index (χ2n) is 3.51. The number of carboxylic acid groups (broad SMARTS) is 1. The van der Waals surface area contributed by atoms with Crippen molar-refractivity contribution < 1.29 is 24.3 Å². The van der Waals surface area contributed by atoms with E-state index in [1.807, 2.05) is 0 Å². The first-order valence-electron chi connectivity index (χ1n) is 4.15. The van der Waals surface area contributed by atoms with Gasteiger partial charge >= 0.3 is 6.09 Å². The minimum Gasteiger partial charge on any atom is -0.448 e. The molecule has 0 atom stereocenters. The number of rotatable bonds is 1. The average molecular weight is 204 g/mol. The molecule has 0 saturated carbocycles. The van der Waals surface area contributed by atoms with Crippen molar-refractivity contribution in [3.63, 3.8) is 0 Å². The van der Waals surface area contributed by atoms with Crippen LogP contribution in [0.1, 0.15) is 27.7 Å². The Labute approximate surface area is 82.4 Å². The topological polar surface area (TPSA) is 78.9 Å². The number of ether oxygens (including phenoxy) is 1. The molecule has 0 saturated heterocycles. The predicted molar refractivity (Wildman–Crippen MR) is 45.1 cm³/mol. The van der Waals surface area contributed by atoms with Gasteiger partial charge in [-0.2, -0.15) is 5.06 Å². The van der Waals surface area contributed by atoms with Gasteiger partial charge in [0.15, 0.2) is 0 Å². The highest BCUT2D eigenvalue weighted by Gasteiger charge is 2.27. The monoisotopic (exact) mass is 204 g/mol. The normalized spacial score (nSPS) is 10.6. The van der Waals surface area contributed by atoms with Gasteiger partial charge in [-0.25, -0.2) is 4.79 Å². The minimum absolute atomic E-state index is 0.141. The van der Waals surface area contributed by atoms with Gasteiger partial charge in [0.2, 0.25) is 0 Å². The second-order valence-corrected chi connectivity index (χ2v) is 3.51. The van der Waals surface area contributed by atoms with E-state index in [4.69, 9.17) is 0 Å². The van der Waals surface area contributed by atoms with Crippen molar-refractivity contribution in [2.24, 2.45) is 0 Å². The third-order valence-corrected chi connectivity index (χ3v) is 1.21. The Morgan fingerprint density at radius 3 is 2.14 bits per heavy atom. The fraction of sp³-hybridized carbons (Fsp3) is 0.750. The van der Waals surface area contributed by atoms with E-state index in [1.165, 1.54) is 0 Å². The van der Waals surface area contributed by atoms with Crippen LogP contribution < -0.4 is 5.11 Å². The molecule has 0 aliphatic rings. The Kier molecular flexibility index (Phi) is 4.20. The molecule has 82 valence electrons. The maximum atomic E-state index is 11.2. The van der Waals surface area contributed by atoms with Crippen molar-refractivity contribution in [2.45, 2.75) is 33.2 Å². The zero-order chi connectivity index (χ0) is 11.4. The number of hydrogen-bond acceptors (Lipinski definition) is 5. The molecule has 0 aromatic heterocycles. The molecule has 1 amide bonds. The first-order chi connectivity index (χ1) is 6.29. The summed E-state index contributed by atoms with van der Waals surface area (Å²) in [6.07, 6.45) is -2.66. The molecule has 0 fully saturated rings. The zero-order valence-electron chi connectivity index (χ0n) is 8.70. The molecule has 14 heavy (non-hydrogen) atoms. The maximum Gasteiger partial charge on any atom is 0.429 e. The van der Waals surface area contributed by atoms with Gasteiger partial charge in [-0.1, -0.05) is 0 Å². The quantitative estimate of drug-likeness (QED) is 0.582. The largest absolute Gasteiger partial charge is 0.448 e. The Hall–Kier alpha value is -1.46. The van der Waals surface area contributed by atoms with Gasteiger partial charge in [-0.15, -0.1) is 0 Å². The van der Waals surface area contributed by atoms with Crippen LogP contribution in [0, 0.1) is 0 Å². The third kappa shape index (κ3) is 3.97. The molecular weight excluding hydrogens is 190 g/mol. The zero-order valence-corrected chi connectivity index (χ0v) is 8.70. The summed E-state index contributed by atoms with van der Waals surface area (Å²) in [6.45, 7) is 6.56. The lowest BCUT2D eigenvalue weighted by Crippen LogP contribution is -2.49. The van der Waals surface area contributed by atoms with E-state index >= 15 is 0 Å². The van der Waals surface area contributed by atoms with Gasteiger partial charge in [0, 0.05) is 0 Å². The molecule has 0 radical (unpaired) electrons. The number of hydroxylamine groups is 2. The van der Waals surface area contributed by atoms with Gasteiger partial charge in [0.1, 0.15) is 0 Å². The second kappa shape index (κ2) is 4.69.